The molecule has 0 unspecified atom stereocenters. The molecule has 0 aliphatic heterocycles. The number of furan rings is 1. The second kappa shape index (κ2) is 7.02. The van der Waals surface area contributed by atoms with Gasteiger partial charge < -0.3 is 13.7 Å². The Morgan fingerprint density at radius 2 is 1.62 bits per heavy atom. The van der Waals surface area contributed by atoms with E-state index in [1.807, 2.05) is 12.1 Å². The highest BCUT2D eigenvalue weighted by atomic mass is 35.5. The summed E-state index contributed by atoms with van der Waals surface area (Å²) in [4.78, 5) is 0. The van der Waals surface area contributed by atoms with Gasteiger partial charge >= 0.3 is 0 Å². The van der Waals surface area contributed by atoms with Crippen LogP contribution in [-0.4, -0.2) is 11.7 Å². The molecule has 3 nitrogen and oxygen atoms in total. The van der Waals surface area contributed by atoms with Gasteiger partial charge in [-0.2, -0.15) is 0 Å². The van der Waals surface area contributed by atoms with Gasteiger partial charge in [-0.25, -0.2) is 0 Å². The van der Waals surface area contributed by atoms with Crippen molar-refractivity contribution in [1.82, 2.24) is 4.57 Å². The van der Waals surface area contributed by atoms with E-state index in [4.69, 9.17) is 20.8 Å². The van der Waals surface area contributed by atoms with Crippen LogP contribution in [0.1, 0.15) is 5.56 Å². The quantitative estimate of drug-likeness (QED) is 0.257. The highest BCUT2D eigenvalue weighted by Crippen LogP contribution is 2.41. The Kier molecular flexibility index (Phi) is 4.03. The van der Waals surface area contributed by atoms with Crippen LogP contribution in [0, 0.1) is 6.92 Å². The van der Waals surface area contributed by atoms with E-state index in [1.54, 1.807) is 7.11 Å². The van der Waals surface area contributed by atoms with Crippen molar-refractivity contribution in [3.8, 4) is 11.4 Å². The number of para-hydroxylation sites is 1. The molecule has 34 heavy (non-hydrogen) atoms. The van der Waals surface area contributed by atoms with Gasteiger partial charge in [0.1, 0.15) is 16.9 Å². The zero-order valence-electron chi connectivity index (χ0n) is 18.7. The molecule has 0 fully saturated rings. The van der Waals surface area contributed by atoms with Crippen LogP contribution < -0.4 is 4.74 Å². The number of hydrogen-bond donors (Lipinski definition) is 0. The Hall–Kier alpha value is -3.95. The van der Waals surface area contributed by atoms with Crippen LogP contribution in [0.25, 0.3) is 60.2 Å². The number of aromatic nitrogens is 1. The average molecular weight is 462 g/mol. The van der Waals surface area contributed by atoms with Crippen LogP contribution in [0.15, 0.2) is 89.3 Å². The molecule has 0 aliphatic carbocycles. The van der Waals surface area contributed by atoms with Gasteiger partial charge in [-0.15, -0.1) is 0 Å². The van der Waals surface area contributed by atoms with E-state index in [0.29, 0.717) is 5.02 Å². The molecule has 0 aliphatic rings. The maximum Gasteiger partial charge on any atom is 0.136 e. The van der Waals surface area contributed by atoms with Crippen molar-refractivity contribution in [2.75, 3.05) is 7.11 Å². The summed E-state index contributed by atoms with van der Waals surface area (Å²) in [6, 6.07) is 29.4. The van der Waals surface area contributed by atoms with Crippen molar-refractivity contribution in [3.05, 3.63) is 95.5 Å². The van der Waals surface area contributed by atoms with Gasteiger partial charge in [0.2, 0.25) is 0 Å². The molecular weight excluding hydrogens is 442 g/mol. The fourth-order valence-corrected chi connectivity index (χ4v) is 5.46. The van der Waals surface area contributed by atoms with E-state index < -0.39 is 0 Å². The maximum absolute atomic E-state index is 6.78. The number of aryl methyl sites for hydroxylation is 1. The van der Waals surface area contributed by atoms with E-state index in [0.717, 1.165) is 66.0 Å². The topological polar surface area (TPSA) is 27.3 Å². The largest absolute Gasteiger partial charge is 0.496 e. The fourth-order valence-electron chi connectivity index (χ4n) is 5.22. The van der Waals surface area contributed by atoms with Gasteiger partial charge in [0.05, 0.1) is 28.6 Å². The van der Waals surface area contributed by atoms with Crippen molar-refractivity contribution in [3.63, 3.8) is 0 Å². The van der Waals surface area contributed by atoms with E-state index in [-0.39, 0.29) is 0 Å². The summed E-state index contributed by atoms with van der Waals surface area (Å²) in [6.45, 7) is 2.08. The van der Waals surface area contributed by atoms with Gasteiger partial charge in [-0.1, -0.05) is 48.0 Å². The molecule has 0 saturated carbocycles. The number of benzene rings is 5. The zero-order valence-corrected chi connectivity index (χ0v) is 19.5. The summed E-state index contributed by atoms with van der Waals surface area (Å²) in [5.74, 6) is 0.817. The normalized spacial score (nSPS) is 12.0. The molecule has 0 radical (unpaired) electrons. The lowest BCUT2D eigenvalue weighted by molar-refractivity contribution is 0.420. The van der Waals surface area contributed by atoms with Crippen LogP contribution in [-0.2, 0) is 0 Å². The van der Waals surface area contributed by atoms with Crippen LogP contribution in [0.4, 0.5) is 0 Å². The molecule has 7 aromatic rings. The van der Waals surface area contributed by atoms with Gasteiger partial charge in [0.15, 0.2) is 0 Å². The van der Waals surface area contributed by atoms with Gasteiger partial charge in [0, 0.05) is 21.8 Å². The molecule has 0 N–H and O–H groups in total. The first-order valence-electron chi connectivity index (χ1n) is 11.2. The highest BCUT2D eigenvalue weighted by molar-refractivity contribution is 6.37. The number of halogens is 1. The summed E-state index contributed by atoms with van der Waals surface area (Å²) in [5.41, 5.74) is 6.12. The molecule has 2 aromatic heterocycles. The lowest BCUT2D eigenvalue weighted by Crippen LogP contribution is -1.95. The van der Waals surface area contributed by atoms with Crippen molar-refractivity contribution in [2.45, 2.75) is 6.92 Å². The summed E-state index contributed by atoms with van der Waals surface area (Å²) in [7, 11) is 1.70. The maximum atomic E-state index is 6.78. The molecule has 7 rings (SSSR count). The van der Waals surface area contributed by atoms with Gasteiger partial charge in [-0.3, -0.25) is 0 Å². The van der Waals surface area contributed by atoms with Crippen molar-refractivity contribution < 1.29 is 9.15 Å². The minimum atomic E-state index is 0.693. The monoisotopic (exact) mass is 461 g/mol. The molecule has 164 valence electrons. The molecule has 2 heterocycles. The molecular formula is C30H20ClNO2. The summed E-state index contributed by atoms with van der Waals surface area (Å²) >= 11 is 6.78. The van der Waals surface area contributed by atoms with Crippen LogP contribution >= 0.6 is 11.6 Å². The molecule has 0 spiro atoms. The van der Waals surface area contributed by atoms with Crippen LogP contribution in [0.5, 0.6) is 5.75 Å². The first-order valence-corrected chi connectivity index (χ1v) is 11.6. The number of fused-ring (bicyclic) bond motifs is 7. The van der Waals surface area contributed by atoms with Crippen LogP contribution in [0.3, 0.4) is 0 Å². The molecule has 4 heteroatoms. The van der Waals surface area contributed by atoms with Crippen molar-refractivity contribution in [1.29, 1.82) is 0 Å². The molecule has 0 amide bonds. The second-order valence-electron chi connectivity index (χ2n) is 8.81. The number of ether oxygens (including phenoxy) is 1. The predicted molar refractivity (Wildman–Crippen MR) is 142 cm³/mol. The smallest absolute Gasteiger partial charge is 0.136 e. The molecule has 0 saturated heterocycles. The average Bonchev–Trinajstić information content (AvgIpc) is 3.38. The Balaban J connectivity index is 1.56. The standard InChI is InChI=1S/C30H20ClNO2/c1-17-7-10-21-23-15-19-14-20(9-8-18(19)16-28(23)34-27(21)13-17)32-25-6-4-3-5-22(25)29-26(33-2)12-11-24(31)30(29)32/h3-16H,1-2H3. The Bertz CT molecular complexity index is 1930. The molecule has 5 aromatic carbocycles. The first kappa shape index (κ1) is 19.5. The third kappa shape index (κ3) is 2.65. The number of methoxy groups -OCH3 is 1. The summed E-state index contributed by atoms with van der Waals surface area (Å²) in [6.07, 6.45) is 0. The summed E-state index contributed by atoms with van der Waals surface area (Å²) in [5, 5.41) is 7.38. The van der Waals surface area contributed by atoms with E-state index in [9.17, 15) is 0 Å². The zero-order chi connectivity index (χ0) is 23.0. The lowest BCUT2D eigenvalue weighted by atomic mass is 10.0. The first-order chi connectivity index (χ1) is 16.6. The third-order valence-corrected chi connectivity index (χ3v) is 7.08. The Labute approximate surface area is 200 Å². The third-order valence-electron chi connectivity index (χ3n) is 6.78. The lowest BCUT2D eigenvalue weighted by Gasteiger charge is -2.11. The minimum Gasteiger partial charge on any atom is -0.496 e. The van der Waals surface area contributed by atoms with E-state index in [1.165, 1.54) is 5.56 Å². The van der Waals surface area contributed by atoms with Crippen molar-refractivity contribution in [2.24, 2.45) is 0 Å². The van der Waals surface area contributed by atoms with Gasteiger partial charge in [-0.05, 0) is 71.8 Å². The minimum absolute atomic E-state index is 0.693. The number of rotatable bonds is 2. The predicted octanol–water partition coefficient (Wildman–Crippen LogP) is 8.81. The van der Waals surface area contributed by atoms with E-state index in [2.05, 4.69) is 84.3 Å². The Morgan fingerprint density at radius 1 is 0.765 bits per heavy atom. The van der Waals surface area contributed by atoms with Gasteiger partial charge in [0.25, 0.3) is 0 Å². The summed E-state index contributed by atoms with van der Waals surface area (Å²) < 4.78 is 14.1. The molecule has 0 atom stereocenters. The second-order valence-corrected chi connectivity index (χ2v) is 9.21. The van der Waals surface area contributed by atoms with E-state index >= 15 is 0 Å². The number of nitrogens with zero attached hydrogens (tertiary/aromatic N) is 1. The Morgan fingerprint density at radius 3 is 2.50 bits per heavy atom. The fraction of sp³-hybridized carbons (Fsp3) is 0.0667. The SMILES string of the molecule is COc1ccc(Cl)c2c1c1ccccc1n2-c1ccc2cc3oc4cc(C)ccc4c3cc2c1. The number of hydrogen-bond acceptors (Lipinski definition) is 2. The highest BCUT2D eigenvalue weighted by Gasteiger charge is 2.18. The van der Waals surface area contributed by atoms with Crippen LogP contribution in [0.2, 0.25) is 5.02 Å². The molecule has 0 bridgehead atoms. The van der Waals surface area contributed by atoms with Crippen molar-refractivity contribution >= 4 is 66.1 Å².